The maximum absolute atomic E-state index is 10.5. The number of hydrogen-bond acceptors (Lipinski definition) is 4. The molecule has 1 N–H and O–H groups in total. The van der Waals surface area contributed by atoms with Crippen LogP contribution < -0.4 is 0 Å². The molecule has 0 aliphatic carbocycles. The third-order valence-electron chi connectivity index (χ3n) is 4.42. The lowest BCUT2D eigenvalue weighted by atomic mass is 9.79. The number of hydrogen-bond donors (Lipinski definition) is 1. The SMILES string of the molecule is Cn1ccc(C(O)C2CCOC3(CCSCC3)C2)n1. The molecule has 2 aliphatic heterocycles. The Kier molecular flexibility index (Phi) is 3.87. The maximum atomic E-state index is 10.5. The van der Waals surface area contributed by atoms with Crippen LogP contribution in [0.4, 0.5) is 0 Å². The third-order valence-corrected chi connectivity index (χ3v) is 5.40. The Labute approximate surface area is 118 Å². The van der Waals surface area contributed by atoms with Gasteiger partial charge in [0.1, 0.15) is 6.10 Å². The normalized spacial score (nSPS) is 28.4. The summed E-state index contributed by atoms with van der Waals surface area (Å²) in [4.78, 5) is 0. The number of ether oxygens (including phenoxy) is 1. The predicted molar refractivity (Wildman–Crippen MR) is 76.1 cm³/mol. The molecule has 5 heteroatoms. The van der Waals surface area contributed by atoms with Gasteiger partial charge in [0.2, 0.25) is 0 Å². The Hall–Kier alpha value is -0.520. The second kappa shape index (κ2) is 5.46. The fraction of sp³-hybridized carbons (Fsp3) is 0.786. The van der Waals surface area contributed by atoms with Gasteiger partial charge >= 0.3 is 0 Å². The lowest BCUT2D eigenvalue weighted by molar-refractivity contribution is -0.121. The van der Waals surface area contributed by atoms with Crippen molar-refractivity contribution in [1.29, 1.82) is 0 Å². The minimum absolute atomic E-state index is 0.0317. The van der Waals surface area contributed by atoms with Crippen LogP contribution >= 0.6 is 11.8 Å². The average molecular weight is 282 g/mol. The summed E-state index contributed by atoms with van der Waals surface area (Å²) in [6, 6.07) is 1.92. The van der Waals surface area contributed by atoms with Crippen molar-refractivity contribution >= 4 is 11.8 Å². The molecule has 1 aromatic rings. The van der Waals surface area contributed by atoms with Crippen molar-refractivity contribution in [2.45, 2.75) is 37.4 Å². The van der Waals surface area contributed by atoms with Crippen molar-refractivity contribution in [2.24, 2.45) is 13.0 Å². The highest BCUT2D eigenvalue weighted by atomic mass is 32.2. The number of nitrogens with zero attached hydrogens (tertiary/aromatic N) is 2. The maximum Gasteiger partial charge on any atom is 0.101 e. The van der Waals surface area contributed by atoms with Crippen molar-refractivity contribution in [2.75, 3.05) is 18.1 Å². The van der Waals surface area contributed by atoms with Gasteiger partial charge in [-0.05, 0) is 49.2 Å². The molecule has 1 spiro atoms. The molecule has 0 bridgehead atoms. The molecule has 4 nitrogen and oxygen atoms in total. The molecule has 2 unspecified atom stereocenters. The smallest absolute Gasteiger partial charge is 0.101 e. The van der Waals surface area contributed by atoms with E-state index in [4.69, 9.17) is 4.74 Å². The summed E-state index contributed by atoms with van der Waals surface area (Å²) in [6.07, 6.45) is 5.62. The first-order valence-electron chi connectivity index (χ1n) is 7.08. The standard InChI is InChI=1S/C14H22N2O2S/c1-16-6-2-12(15-16)13(17)11-3-7-18-14(10-11)4-8-19-9-5-14/h2,6,11,13,17H,3-5,7-10H2,1H3. The van der Waals surface area contributed by atoms with Gasteiger partial charge in [0.15, 0.2) is 0 Å². The van der Waals surface area contributed by atoms with Crippen molar-refractivity contribution in [3.8, 4) is 0 Å². The van der Waals surface area contributed by atoms with E-state index in [1.165, 1.54) is 11.5 Å². The third kappa shape index (κ3) is 2.83. The van der Waals surface area contributed by atoms with Gasteiger partial charge in [-0.3, -0.25) is 4.68 Å². The Morgan fingerprint density at radius 2 is 2.32 bits per heavy atom. The van der Waals surface area contributed by atoms with Crippen LogP contribution in [0.3, 0.4) is 0 Å². The molecular weight excluding hydrogens is 260 g/mol. The first-order valence-corrected chi connectivity index (χ1v) is 8.23. The van der Waals surface area contributed by atoms with Crippen molar-refractivity contribution in [3.05, 3.63) is 18.0 Å². The van der Waals surface area contributed by atoms with Crippen LogP contribution in [-0.2, 0) is 11.8 Å². The molecule has 2 atom stereocenters. The van der Waals surface area contributed by atoms with Gasteiger partial charge in [0, 0.05) is 19.9 Å². The van der Waals surface area contributed by atoms with Crippen LogP contribution in [0.15, 0.2) is 12.3 Å². The Morgan fingerprint density at radius 1 is 1.53 bits per heavy atom. The van der Waals surface area contributed by atoms with Crippen LogP contribution in [0.5, 0.6) is 0 Å². The fourth-order valence-corrected chi connectivity index (χ4v) is 4.50. The summed E-state index contributed by atoms with van der Waals surface area (Å²) in [5, 5.41) is 14.9. The van der Waals surface area contributed by atoms with Crippen LogP contribution in [-0.4, -0.2) is 38.6 Å². The average Bonchev–Trinajstić information content (AvgIpc) is 2.85. The van der Waals surface area contributed by atoms with E-state index >= 15 is 0 Å². The fourth-order valence-electron chi connectivity index (χ4n) is 3.26. The number of aromatic nitrogens is 2. The molecular formula is C14H22N2O2S. The monoisotopic (exact) mass is 282 g/mol. The zero-order valence-electron chi connectivity index (χ0n) is 11.4. The summed E-state index contributed by atoms with van der Waals surface area (Å²) in [5.41, 5.74) is 0.832. The number of aryl methyl sites for hydroxylation is 1. The highest BCUT2D eigenvalue weighted by Crippen LogP contribution is 2.43. The molecule has 0 radical (unpaired) electrons. The minimum atomic E-state index is -0.448. The largest absolute Gasteiger partial charge is 0.386 e. The van der Waals surface area contributed by atoms with Crippen LogP contribution in [0.25, 0.3) is 0 Å². The molecule has 3 rings (SSSR count). The van der Waals surface area contributed by atoms with Crippen LogP contribution in [0.1, 0.15) is 37.5 Å². The van der Waals surface area contributed by atoms with Crippen molar-refractivity contribution < 1.29 is 9.84 Å². The zero-order chi connectivity index (χ0) is 13.3. The lowest BCUT2D eigenvalue weighted by Gasteiger charge is -2.44. The van der Waals surface area contributed by atoms with Gasteiger partial charge in [0.25, 0.3) is 0 Å². The number of rotatable bonds is 2. The molecule has 0 aromatic carbocycles. The van der Waals surface area contributed by atoms with Gasteiger partial charge in [-0.2, -0.15) is 16.9 Å². The van der Waals surface area contributed by atoms with E-state index in [-0.39, 0.29) is 11.5 Å². The van der Waals surface area contributed by atoms with Gasteiger partial charge in [-0.15, -0.1) is 0 Å². The molecule has 1 aromatic heterocycles. The minimum Gasteiger partial charge on any atom is -0.386 e. The molecule has 3 heterocycles. The number of aliphatic hydroxyl groups excluding tert-OH is 1. The predicted octanol–water partition coefficient (Wildman–Crippen LogP) is 2.15. The Bertz CT molecular complexity index is 423. The van der Waals surface area contributed by atoms with E-state index in [0.29, 0.717) is 0 Å². The molecule has 19 heavy (non-hydrogen) atoms. The summed E-state index contributed by atoms with van der Waals surface area (Å²) in [7, 11) is 1.89. The molecule has 106 valence electrons. The summed E-state index contributed by atoms with van der Waals surface area (Å²) in [6.45, 7) is 0.777. The van der Waals surface area contributed by atoms with E-state index in [0.717, 1.165) is 38.0 Å². The van der Waals surface area contributed by atoms with E-state index in [2.05, 4.69) is 5.10 Å². The second-order valence-electron chi connectivity index (χ2n) is 5.76. The quantitative estimate of drug-likeness (QED) is 0.903. The molecule has 2 fully saturated rings. The number of thioether (sulfide) groups is 1. The molecule has 0 amide bonds. The summed E-state index contributed by atoms with van der Waals surface area (Å²) < 4.78 is 7.83. The van der Waals surface area contributed by atoms with Crippen molar-refractivity contribution in [1.82, 2.24) is 9.78 Å². The molecule has 0 saturated carbocycles. The van der Waals surface area contributed by atoms with Gasteiger partial charge < -0.3 is 9.84 Å². The molecule has 2 saturated heterocycles. The second-order valence-corrected chi connectivity index (χ2v) is 6.98. The molecule has 2 aliphatic rings. The van der Waals surface area contributed by atoms with Crippen molar-refractivity contribution in [3.63, 3.8) is 0 Å². The van der Waals surface area contributed by atoms with E-state index in [9.17, 15) is 5.11 Å². The van der Waals surface area contributed by atoms with Gasteiger partial charge in [-0.1, -0.05) is 0 Å². The van der Waals surface area contributed by atoms with E-state index in [1.807, 2.05) is 31.1 Å². The van der Waals surface area contributed by atoms with Crippen LogP contribution in [0.2, 0.25) is 0 Å². The summed E-state index contributed by atoms with van der Waals surface area (Å²) >= 11 is 2.01. The number of aliphatic hydroxyl groups is 1. The Morgan fingerprint density at radius 3 is 3.00 bits per heavy atom. The van der Waals surface area contributed by atoms with E-state index in [1.54, 1.807) is 4.68 Å². The van der Waals surface area contributed by atoms with Gasteiger partial charge in [-0.25, -0.2) is 0 Å². The summed E-state index contributed by atoms with van der Waals surface area (Å²) in [5.74, 6) is 2.66. The first kappa shape index (κ1) is 13.5. The highest BCUT2D eigenvalue weighted by molar-refractivity contribution is 7.99. The van der Waals surface area contributed by atoms with Gasteiger partial charge in [0.05, 0.1) is 11.3 Å². The topological polar surface area (TPSA) is 47.3 Å². The van der Waals surface area contributed by atoms with Crippen LogP contribution in [0, 0.1) is 5.92 Å². The first-order chi connectivity index (χ1) is 9.19. The highest BCUT2D eigenvalue weighted by Gasteiger charge is 2.41. The Balaban J connectivity index is 1.70. The van der Waals surface area contributed by atoms with E-state index < -0.39 is 6.10 Å². The zero-order valence-corrected chi connectivity index (χ0v) is 12.2. The lowest BCUT2D eigenvalue weighted by Crippen LogP contribution is -2.44.